The van der Waals surface area contributed by atoms with Gasteiger partial charge < -0.3 is 9.64 Å². The minimum absolute atomic E-state index is 0.203. The van der Waals surface area contributed by atoms with Gasteiger partial charge in [0.1, 0.15) is 5.60 Å². The molecule has 0 atom stereocenters. The highest BCUT2D eigenvalue weighted by molar-refractivity contribution is 5.68. The number of nitrogens with one attached hydrogen (secondary N) is 1. The van der Waals surface area contributed by atoms with Crippen molar-refractivity contribution in [2.75, 3.05) is 13.1 Å². The van der Waals surface area contributed by atoms with Gasteiger partial charge in [-0.2, -0.15) is 5.10 Å². The lowest BCUT2D eigenvalue weighted by Gasteiger charge is -2.33. The molecule has 1 N–H and O–H groups in total. The Labute approximate surface area is 108 Å². The number of aromatic amines is 1. The van der Waals surface area contributed by atoms with E-state index in [9.17, 15) is 4.79 Å². The van der Waals surface area contributed by atoms with E-state index < -0.39 is 5.60 Å². The van der Waals surface area contributed by atoms with Gasteiger partial charge in [0.25, 0.3) is 0 Å². The van der Waals surface area contributed by atoms with Crippen molar-refractivity contribution < 1.29 is 9.53 Å². The lowest BCUT2D eigenvalue weighted by Crippen LogP contribution is -2.41. The van der Waals surface area contributed by atoms with E-state index in [1.165, 1.54) is 5.69 Å². The molecule has 1 aliphatic rings. The van der Waals surface area contributed by atoms with Crippen LogP contribution in [0.25, 0.3) is 0 Å². The molecule has 0 unspecified atom stereocenters. The van der Waals surface area contributed by atoms with Gasteiger partial charge in [-0.1, -0.05) is 0 Å². The molecule has 0 radical (unpaired) electrons. The minimum Gasteiger partial charge on any atom is -0.444 e. The second-order valence-corrected chi connectivity index (χ2v) is 5.75. The molecule has 1 amide bonds. The summed E-state index contributed by atoms with van der Waals surface area (Å²) in [6, 6.07) is 2.01. The van der Waals surface area contributed by atoms with Crippen LogP contribution in [0.4, 0.5) is 4.79 Å². The fourth-order valence-electron chi connectivity index (χ4n) is 2.19. The summed E-state index contributed by atoms with van der Waals surface area (Å²) in [6.07, 6.45) is 3.49. The van der Waals surface area contributed by atoms with Gasteiger partial charge in [0, 0.05) is 30.9 Å². The van der Waals surface area contributed by atoms with Crippen LogP contribution in [0.3, 0.4) is 0 Å². The summed E-state index contributed by atoms with van der Waals surface area (Å²) in [5, 5.41) is 6.97. The van der Waals surface area contributed by atoms with E-state index in [4.69, 9.17) is 4.74 Å². The van der Waals surface area contributed by atoms with Crippen molar-refractivity contribution in [3.8, 4) is 0 Å². The number of hydrogen-bond acceptors (Lipinski definition) is 3. The number of piperidine rings is 1. The zero-order valence-corrected chi connectivity index (χ0v) is 11.3. The van der Waals surface area contributed by atoms with Crippen LogP contribution in [-0.4, -0.2) is 39.9 Å². The highest BCUT2D eigenvalue weighted by Crippen LogP contribution is 2.27. The second-order valence-electron chi connectivity index (χ2n) is 5.75. The van der Waals surface area contributed by atoms with Gasteiger partial charge in [-0.05, 0) is 39.7 Å². The number of likely N-dealkylation sites (tertiary alicyclic amines) is 1. The Morgan fingerprint density at radius 3 is 2.61 bits per heavy atom. The van der Waals surface area contributed by atoms with Crippen LogP contribution in [-0.2, 0) is 4.74 Å². The molecule has 2 heterocycles. The van der Waals surface area contributed by atoms with Gasteiger partial charge in [0.05, 0.1) is 0 Å². The molecule has 100 valence electrons. The van der Waals surface area contributed by atoms with Gasteiger partial charge in [0.2, 0.25) is 0 Å². The van der Waals surface area contributed by atoms with Crippen molar-refractivity contribution in [2.24, 2.45) is 0 Å². The maximum atomic E-state index is 11.9. The fraction of sp³-hybridized carbons (Fsp3) is 0.692. The van der Waals surface area contributed by atoms with Crippen LogP contribution in [0.15, 0.2) is 12.3 Å². The third-order valence-corrected chi connectivity index (χ3v) is 3.11. The largest absolute Gasteiger partial charge is 0.444 e. The Morgan fingerprint density at radius 1 is 1.44 bits per heavy atom. The standard InChI is InChI=1S/C13H21N3O2/c1-13(2,3)18-12(17)16-8-5-10(6-9-16)11-4-7-14-15-11/h4,7,10H,5-6,8-9H2,1-3H3,(H,14,15). The molecule has 5 nitrogen and oxygen atoms in total. The molecule has 18 heavy (non-hydrogen) atoms. The molecule has 2 rings (SSSR count). The van der Waals surface area contributed by atoms with Crippen molar-refractivity contribution in [2.45, 2.75) is 45.1 Å². The smallest absolute Gasteiger partial charge is 0.410 e. The number of carbonyl (C=O) groups is 1. The molecule has 1 aromatic heterocycles. The van der Waals surface area contributed by atoms with Gasteiger partial charge >= 0.3 is 6.09 Å². The summed E-state index contributed by atoms with van der Waals surface area (Å²) in [5.41, 5.74) is 0.746. The molecule has 5 heteroatoms. The predicted octanol–water partition coefficient (Wildman–Crippen LogP) is 2.52. The van der Waals surface area contributed by atoms with E-state index in [0.717, 1.165) is 25.9 Å². The average Bonchev–Trinajstić information content (AvgIpc) is 2.80. The first kappa shape index (κ1) is 12.9. The molecule has 0 bridgehead atoms. The Morgan fingerprint density at radius 2 is 2.11 bits per heavy atom. The number of carbonyl (C=O) groups excluding carboxylic acids is 1. The van der Waals surface area contributed by atoms with Gasteiger partial charge in [-0.3, -0.25) is 5.10 Å². The SMILES string of the molecule is CC(C)(C)OC(=O)N1CCC(c2ccn[nH]2)CC1. The number of aromatic nitrogens is 2. The first-order chi connectivity index (χ1) is 8.46. The summed E-state index contributed by atoms with van der Waals surface area (Å²) >= 11 is 0. The number of rotatable bonds is 1. The zero-order chi connectivity index (χ0) is 13.2. The number of nitrogens with zero attached hydrogens (tertiary/aromatic N) is 2. The van der Waals surface area contributed by atoms with Gasteiger partial charge in [0.15, 0.2) is 0 Å². The predicted molar refractivity (Wildman–Crippen MR) is 68.4 cm³/mol. The van der Waals surface area contributed by atoms with Gasteiger partial charge in [-0.15, -0.1) is 0 Å². The maximum Gasteiger partial charge on any atom is 0.410 e. The maximum absolute atomic E-state index is 11.9. The molecule has 1 saturated heterocycles. The van der Waals surface area contributed by atoms with E-state index in [-0.39, 0.29) is 6.09 Å². The van der Waals surface area contributed by atoms with E-state index in [1.54, 1.807) is 11.1 Å². The highest BCUT2D eigenvalue weighted by Gasteiger charge is 2.27. The third-order valence-electron chi connectivity index (χ3n) is 3.11. The van der Waals surface area contributed by atoms with Crippen LogP contribution in [0.2, 0.25) is 0 Å². The van der Waals surface area contributed by atoms with Crippen LogP contribution in [0.5, 0.6) is 0 Å². The molecule has 1 aliphatic heterocycles. The van der Waals surface area contributed by atoms with Crippen molar-refractivity contribution in [3.05, 3.63) is 18.0 Å². The Kier molecular flexibility index (Phi) is 3.59. The Balaban J connectivity index is 1.85. The lowest BCUT2D eigenvalue weighted by molar-refractivity contribution is 0.0204. The molecule has 0 spiro atoms. The molecular weight excluding hydrogens is 230 g/mol. The van der Waals surface area contributed by atoms with Crippen LogP contribution in [0.1, 0.15) is 45.2 Å². The number of H-pyrrole nitrogens is 1. The van der Waals surface area contributed by atoms with Crippen molar-refractivity contribution in [3.63, 3.8) is 0 Å². The third kappa shape index (κ3) is 3.24. The minimum atomic E-state index is -0.419. The normalized spacial score (nSPS) is 17.8. The first-order valence-corrected chi connectivity index (χ1v) is 6.43. The molecule has 0 aliphatic carbocycles. The van der Waals surface area contributed by atoms with Crippen LogP contribution in [0, 0.1) is 0 Å². The van der Waals surface area contributed by atoms with E-state index in [2.05, 4.69) is 10.2 Å². The van der Waals surface area contributed by atoms with Crippen molar-refractivity contribution in [1.29, 1.82) is 0 Å². The molecule has 1 aromatic rings. The van der Waals surface area contributed by atoms with E-state index in [0.29, 0.717) is 5.92 Å². The average molecular weight is 251 g/mol. The fourth-order valence-corrected chi connectivity index (χ4v) is 2.19. The number of hydrogen-bond donors (Lipinski definition) is 1. The topological polar surface area (TPSA) is 58.2 Å². The number of ether oxygens (including phenoxy) is 1. The van der Waals surface area contributed by atoms with Gasteiger partial charge in [-0.25, -0.2) is 4.79 Å². The zero-order valence-electron chi connectivity index (χ0n) is 11.3. The van der Waals surface area contributed by atoms with Crippen molar-refractivity contribution in [1.82, 2.24) is 15.1 Å². The van der Waals surface area contributed by atoms with E-state index in [1.807, 2.05) is 26.8 Å². The Bertz CT molecular complexity index is 387. The summed E-state index contributed by atoms with van der Waals surface area (Å²) in [6.45, 7) is 7.17. The summed E-state index contributed by atoms with van der Waals surface area (Å²) in [7, 11) is 0. The van der Waals surface area contributed by atoms with Crippen LogP contribution >= 0.6 is 0 Å². The summed E-state index contributed by atoms with van der Waals surface area (Å²) in [4.78, 5) is 13.7. The first-order valence-electron chi connectivity index (χ1n) is 6.43. The number of amides is 1. The molecule has 0 saturated carbocycles. The highest BCUT2D eigenvalue weighted by atomic mass is 16.6. The summed E-state index contributed by atoms with van der Waals surface area (Å²) in [5.74, 6) is 0.478. The quantitative estimate of drug-likeness (QED) is 0.834. The molecular formula is C13H21N3O2. The van der Waals surface area contributed by atoms with Crippen LogP contribution < -0.4 is 0 Å². The second kappa shape index (κ2) is 5.00. The molecule has 1 fully saturated rings. The Hall–Kier alpha value is -1.52. The van der Waals surface area contributed by atoms with E-state index >= 15 is 0 Å². The molecule has 0 aromatic carbocycles. The summed E-state index contributed by atoms with van der Waals surface area (Å²) < 4.78 is 5.37. The lowest BCUT2D eigenvalue weighted by atomic mass is 9.94. The monoisotopic (exact) mass is 251 g/mol. The van der Waals surface area contributed by atoms with Crippen molar-refractivity contribution >= 4 is 6.09 Å².